The predicted molar refractivity (Wildman–Crippen MR) is 100 cm³/mol. The van der Waals surface area contributed by atoms with Gasteiger partial charge in [0.1, 0.15) is 0 Å². The maximum absolute atomic E-state index is 6.11. The summed E-state index contributed by atoms with van der Waals surface area (Å²) in [5.41, 5.74) is 5.17. The van der Waals surface area contributed by atoms with Crippen molar-refractivity contribution < 1.29 is 0 Å². The van der Waals surface area contributed by atoms with Crippen molar-refractivity contribution >= 4 is 51.3 Å². The number of aryl methyl sites for hydroxylation is 2. The number of aromatic nitrogens is 2. The zero-order valence-corrected chi connectivity index (χ0v) is 14.3. The molecular weight excluding hydrogens is 328 g/mol. The lowest BCUT2D eigenvalue weighted by Gasteiger charge is -2.12. The van der Waals surface area contributed by atoms with Crippen molar-refractivity contribution in [3.8, 4) is 0 Å². The van der Waals surface area contributed by atoms with Crippen LogP contribution in [-0.4, -0.2) is 15.1 Å². The van der Waals surface area contributed by atoms with Gasteiger partial charge in [0, 0.05) is 5.69 Å². The smallest absolute Gasteiger partial charge is 0.175 e. The highest BCUT2D eigenvalue weighted by Crippen LogP contribution is 2.21. The van der Waals surface area contributed by atoms with Crippen LogP contribution in [0.3, 0.4) is 0 Å². The first-order valence-electron chi connectivity index (χ1n) is 7.10. The molecule has 4 nitrogen and oxygen atoms in total. The number of nitrogens with one attached hydrogen (secondary N) is 2. The number of rotatable bonds is 2. The highest BCUT2D eigenvalue weighted by Gasteiger charge is 2.05. The van der Waals surface area contributed by atoms with E-state index in [1.807, 2.05) is 56.3 Å². The van der Waals surface area contributed by atoms with Crippen LogP contribution in [0.4, 0.5) is 11.4 Å². The molecule has 6 heteroatoms. The maximum atomic E-state index is 6.11. The summed E-state index contributed by atoms with van der Waals surface area (Å²) in [7, 11) is 0. The van der Waals surface area contributed by atoms with Gasteiger partial charge < -0.3 is 10.6 Å². The Labute approximate surface area is 144 Å². The second-order valence-corrected chi connectivity index (χ2v) is 5.97. The molecule has 2 N–H and O–H groups in total. The monoisotopic (exact) mass is 342 g/mol. The summed E-state index contributed by atoms with van der Waals surface area (Å²) in [5, 5.41) is 7.30. The molecular formula is C17H15ClN4S. The van der Waals surface area contributed by atoms with Crippen molar-refractivity contribution in [1.82, 2.24) is 9.97 Å². The fourth-order valence-corrected chi connectivity index (χ4v) is 2.57. The Morgan fingerprint density at radius 2 is 1.65 bits per heavy atom. The molecule has 116 valence electrons. The first-order chi connectivity index (χ1) is 11.0. The van der Waals surface area contributed by atoms with Gasteiger partial charge in [0.05, 0.1) is 33.1 Å². The molecule has 0 aliphatic rings. The molecule has 1 heterocycles. The van der Waals surface area contributed by atoms with Crippen LogP contribution in [0.25, 0.3) is 11.0 Å². The summed E-state index contributed by atoms with van der Waals surface area (Å²) < 4.78 is 0. The van der Waals surface area contributed by atoms with Crippen LogP contribution in [0.1, 0.15) is 11.4 Å². The maximum Gasteiger partial charge on any atom is 0.175 e. The number of benzene rings is 2. The molecule has 0 radical (unpaired) electrons. The van der Waals surface area contributed by atoms with Crippen molar-refractivity contribution in [3.05, 3.63) is 58.9 Å². The zero-order valence-electron chi connectivity index (χ0n) is 12.7. The average Bonchev–Trinajstić information content (AvgIpc) is 2.51. The normalized spacial score (nSPS) is 10.6. The molecule has 2 aromatic carbocycles. The van der Waals surface area contributed by atoms with E-state index in [1.54, 1.807) is 0 Å². The Kier molecular flexibility index (Phi) is 4.41. The quantitative estimate of drug-likeness (QED) is 0.660. The molecule has 0 saturated carbocycles. The second-order valence-electron chi connectivity index (χ2n) is 5.16. The van der Waals surface area contributed by atoms with Gasteiger partial charge in [-0.15, -0.1) is 0 Å². The van der Waals surface area contributed by atoms with Crippen molar-refractivity contribution in [3.63, 3.8) is 0 Å². The summed E-state index contributed by atoms with van der Waals surface area (Å²) in [4.78, 5) is 9.07. The number of fused-ring (bicyclic) bond motifs is 1. The highest BCUT2D eigenvalue weighted by atomic mass is 35.5. The largest absolute Gasteiger partial charge is 0.332 e. The number of thiocarbonyl (C=S) groups is 1. The van der Waals surface area contributed by atoms with E-state index in [1.165, 1.54) is 0 Å². The van der Waals surface area contributed by atoms with E-state index in [-0.39, 0.29) is 0 Å². The minimum atomic E-state index is 0.467. The lowest BCUT2D eigenvalue weighted by Crippen LogP contribution is -2.19. The van der Waals surface area contributed by atoms with Gasteiger partial charge in [0.2, 0.25) is 0 Å². The summed E-state index contributed by atoms with van der Waals surface area (Å²) in [6.45, 7) is 3.90. The van der Waals surface area contributed by atoms with Gasteiger partial charge in [0.25, 0.3) is 0 Å². The number of nitrogens with zero attached hydrogens (tertiary/aromatic N) is 2. The third kappa shape index (κ3) is 3.57. The van der Waals surface area contributed by atoms with E-state index in [4.69, 9.17) is 23.8 Å². The van der Waals surface area contributed by atoms with E-state index >= 15 is 0 Å². The van der Waals surface area contributed by atoms with Crippen LogP contribution >= 0.6 is 23.8 Å². The molecule has 23 heavy (non-hydrogen) atoms. The van der Waals surface area contributed by atoms with Gasteiger partial charge in [-0.1, -0.05) is 23.7 Å². The molecule has 0 saturated heterocycles. The third-order valence-corrected chi connectivity index (χ3v) is 3.99. The van der Waals surface area contributed by atoms with Crippen molar-refractivity contribution in [2.75, 3.05) is 10.6 Å². The molecule has 0 bridgehead atoms. The van der Waals surface area contributed by atoms with E-state index in [9.17, 15) is 0 Å². The summed E-state index contributed by atoms with van der Waals surface area (Å²) in [6.07, 6.45) is 0. The minimum Gasteiger partial charge on any atom is -0.332 e. The van der Waals surface area contributed by atoms with Gasteiger partial charge in [0.15, 0.2) is 5.11 Å². The van der Waals surface area contributed by atoms with Crippen LogP contribution in [0.5, 0.6) is 0 Å². The fourth-order valence-electron chi connectivity index (χ4n) is 2.16. The summed E-state index contributed by atoms with van der Waals surface area (Å²) >= 11 is 11.4. The van der Waals surface area contributed by atoms with Crippen molar-refractivity contribution in [2.24, 2.45) is 0 Å². The van der Waals surface area contributed by atoms with Crippen LogP contribution in [0.2, 0.25) is 5.02 Å². The number of halogens is 1. The zero-order chi connectivity index (χ0) is 16.4. The first-order valence-corrected chi connectivity index (χ1v) is 7.89. The van der Waals surface area contributed by atoms with Gasteiger partial charge in [-0.3, -0.25) is 0 Å². The Morgan fingerprint density at radius 1 is 0.957 bits per heavy atom. The van der Waals surface area contributed by atoms with Gasteiger partial charge in [-0.05, 0) is 56.4 Å². The molecule has 1 aromatic heterocycles. The topological polar surface area (TPSA) is 49.8 Å². The summed E-state index contributed by atoms with van der Waals surface area (Å²) in [6, 6.07) is 13.2. The lowest BCUT2D eigenvalue weighted by molar-refractivity contribution is 1.10. The molecule has 3 rings (SSSR count). The fraction of sp³-hybridized carbons (Fsp3) is 0.118. The molecule has 0 spiro atoms. The van der Waals surface area contributed by atoms with E-state index < -0.39 is 0 Å². The Bertz CT molecular complexity index is 895. The van der Waals surface area contributed by atoms with Crippen molar-refractivity contribution in [2.45, 2.75) is 13.8 Å². The van der Waals surface area contributed by atoms with Crippen LogP contribution in [0, 0.1) is 13.8 Å². The highest BCUT2D eigenvalue weighted by molar-refractivity contribution is 7.80. The predicted octanol–water partition coefficient (Wildman–Crippen LogP) is 4.71. The number of para-hydroxylation sites is 1. The first kappa shape index (κ1) is 15.6. The molecule has 0 fully saturated rings. The van der Waals surface area contributed by atoms with Gasteiger partial charge in [-0.25, -0.2) is 9.97 Å². The Morgan fingerprint density at radius 3 is 2.39 bits per heavy atom. The third-order valence-electron chi connectivity index (χ3n) is 3.46. The number of anilines is 2. The van der Waals surface area contributed by atoms with E-state index in [0.29, 0.717) is 10.1 Å². The molecule has 0 aliphatic heterocycles. The van der Waals surface area contributed by atoms with E-state index in [0.717, 1.165) is 33.8 Å². The van der Waals surface area contributed by atoms with Crippen LogP contribution in [0.15, 0.2) is 42.5 Å². The molecule has 0 amide bonds. The number of hydrogen-bond acceptors (Lipinski definition) is 3. The molecule has 0 atom stereocenters. The van der Waals surface area contributed by atoms with Gasteiger partial charge >= 0.3 is 0 Å². The van der Waals surface area contributed by atoms with Gasteiger partial charge in [-0.2, -0.15) is 0 Å². The molecule has 0 aliphatic carbocycles. The summed E-state index contributed by atoms with van der Waals surface area (Å²) in [5.74, 6) is 0. The number of hydrogen-bond donors (Lipinski definition) is 2. The minimum absolute atomic E-state index is 0.467. The Balaban J connectivity index is 1.80. The lowest BCUT2D eigenvalue weighted by atomic mass is 10.2. The SMILES string of the molecule is Cc1nc2ccc(NC(=S)Nc3ccccc3Cl)cc2nc1C. The van der Waals surface area contributed by atoms with E-state index in [2.05, 4.69) is 20.6 Å². The average molecular weight is 343 g/mol. The molecule has 3 aromatic rings. The van der Waals surface area contributed by atoms with Crippen molar-refractivity contribution in [1.29, 1.82) is 0 Å². The van der Waals surface area contributed by atoms with Crippen LogP contribution in [-0.2, 0) is 0 Å². The molecule has 0 unspecified atom stereocenters. The van der Waals surface area contributed by atoms with Crippen LogP contribution < -0.4 is 10.6 Å². The Hall–Kier alpha value is -2.24. The standard InChI is InChI=1S/C17H15ClN4S/c1-10-11(2)20-16-9-12(7-8-15(16)19-10)21-17(23)22-14-6-4-3-5-13(14)18/h3-9H,1-2H3,(H2,21,22,23). The second kappa shape index (κ2) is 6.48.